The third-order valence-corrected chi connectivity index (χ3v) is 3.21. The van der Waals surface area contributed by atoms with Gasteiger partial charge in [0.2, 0.25) is 0 Å². The molecule has 5 heteroatoms. The Kier molecular flexibility index (Phi) is 6.02. The second-order valence-electron chi connectivity index (χ2n) is 5.29. The van der Waals surface area contributed by atoms with Crippen LogP contribution >= 0.6 is 11.3 Å². The van der Waals surface area contributed by atoms with Gasteiger partial charge in [-0.3, -0.25) is 4.79 Å². The Hall–Kier alpha value is -1.36. The first-order chi connectivity index (χ1) is 8.88. The van der Waals surface area contributed by atoms with E-state index in [0.29, 0.717) is 13.0 Å². The van der Waals surface area contributed by atoms with Crippen LogP contribution in [0.3, 0.4) is 0 Å². The van der Waals surface area contributed by atoms with E-state index in [0.717, 1.165) is 17.7 Å². The predicted octanol–water partition coefficient (Wildman–Crippen LogP) is 3.63. The van der Waals surface area contributed by atoms with Crippen LogP contribution in [0.15, 0.2) is 17.5 Å². The Morgan fingerprint density at radius 2 is 2.05 bits per heavy atom. The summed E-state index contributed by atoms with van der Waals surface area (Å²) < 4.78 is 5.11. The number of hydrogen-bond donors (Lipinski definition) is 1. The molecule has 1 heterocycles. The minimum atomic E-state index is -0.473. The van der Waals surface area contributed by atoms with Crippen molar-refractivity contribution in [2.75, 3.05) is 6.54 Å². The molecule has 0 aliphatic carbocycles. The normalized spacial score (nSPS) is 11.1. The lowest BCUT2D eigenvalue weighted by atomic mass is 10.1. The van der Waals surface area contributed by atoms with E-state index in [-0.39, 0.29) is 5.78 Å². The molecule has 1 N–H and O–H groups in total. The Bertz CT molecular complexity index is 407. The molecule has 106 valence electrons. The van der Waals surface area contributed by atoms with E-state index < -0.39 is 11.7 Å². The molecule has 1 rings (SSSR count). The van der Waals surface area contributed by atoms with Gasteiger partial charge in [0.25, 0.3) is 0 Å². The van der Waals surface area contributed by atoms with Gasteiger partial charge in [-0.15, -0.1) is 11.3 Å². The van der Waals surface area contributed by atoms with Crippen LogP contribution in [-0.2, 0) is 4.74 Å². The lowest BCUT2D eigenvalue weighted by Crippen LogP contribution is -2.33. The first-order valence-electron chi connectivity index (χ1n) is 6.42. The first kappa shape index (κ1) is 15.7. The average Bonchev–Trinajstić information content (AvgIpc) is 2.79. The summed E-state index contributed by atoms with van der Waals surface area (Å²) in [6.07, 6.45) is 1.66. The molecule has 0 saturated carbocycles. The standard InChI is InChI=1S/C14H21NO3S/c1-14(2,3)18-13(17)15-9-5-4-7-11(16)12-8-6-10-19-12/h6,8,10H,4-5,7,9H2,1-3H3,(H,15,17). The van der Waals surface area contributed by atoms with Crippen LogP contribution in [0.5, 0.6) is 0 Å². The van der Waals surface area contributed by atoms with E-state index in [1.54, 1.807) is 0 Å². The lowest BCUT2D eigenvalue weighted by Gasteiger charge is -2.19. The molecule has 0 aliphatic rings. The number of Topliss-reactive ketones (excluding diaryl/α,β-unsaturated/α-hetero) is 1. The van der Waals surface area contributed by atoms with Crippen molar-refractivity contribution in [3.63, 3.8) is 0 Å². The summed E-state index contributed by atoms with van der Waals surface area (Å²) in [4.78, 5) is 23.8. The Labute approximate surface area is 118 Å². The SMILES string of the molecule is CC(C)(C)OC(=O)NCCCCC(=O)c1cccs1. The van der Waals surface area contributed by atoms with Crippen LogP contribution in [0.25, 0.3) is 0 Å². The second kappa shape index (κ2) is 7.28. The van der Waals surface area contributed by atoms with Gasteiger partial charge in [0, 0.05) is 13.0 Å². The number of unbranched alkanes of at least 4 members (excludes halogenated alkanes) is 1. The summed E-state index contributed by atoms with van der Waals surface area (Å²) in [5, 5.41) is 4.58. The van der Waals surface area contributed by atoms with Crippen molar-refractivity contribution in [2.45, 2.75) is 45.6 Å². The van der Waals surface area contributed by atoms with Crippen LogP contribution in [0.1, 0.15) is 49.7 Å². The number of rotatable bonds is 6. The maximum atomic E-state index is 11.7. The number of ketones is 1. The van der Waals surface area contributed by atoms with Crippen molar-refractivity contribution < 1.29 is 14.3 Å². The molecule has 4 nitrogen and oxygen atoms in total. The van der Waals surface area contributed by atoms with Gasteiger partial charge in [-0.2, -0.15) is 0 Å². The minimum Gasteiger partial charge on any atom is -0.444 e. The Morgan fingerprint density at radius 1 is 1.32 bits per heavy atom. The van der Waals surface area contributed by atoms with Crippen molar-refractivity contribution in [3.8, 4) is 0 Å². The number of carbonyl (C=O) groups is 2. The zero-order valence-electron chi connectivity index (χ0n) is 11.7. The van der Waals surface area contributed by atoms with Gasteiger partial charge in [0.1, 0.15) is 5.60 Å². The van der Waals surface area contributed by atoms with Gasteiger partial charge in [-0.05, 0) is 45.1 Å². The number of amides is 1. The molecular weight excluding hydrogens is 262 g/mol. The zero-order chi connectivity index (χ0) is 14.3. The second-order valence-corrected chi connectivity index (χ2v) is 6.23. The summed E-state index contributed by atoms with van der Waals surface area (Å²) in [6, 6.07) is 3.72. The minimum absolute atomic E-state index is 0.173. The molecular formula is C14H21NO3S. The summed E-state index contributed by atoms with van der Waals surface area (Å²) >= 11 is 1.47. The Morgan fingerprint density at radius 3 is 2.63 bits per heavy atom. The molecule has 1 aromatic rings. The van der Waals surface area contributed by atoms with Gasteiger partial charge in [0.05, 0.1) is 4.88 Å². The summed E-state index contributed by atoms with van der Waals surface area (Å²) in [6.45, 7) is 6.01. The molecule has 0 fully saturated rings. The van der Waals surface area contributed by atoms with Crippen LogP contribution in [0.4, 0.5) is 4.79 Å². The van der Waals surface area contributed by atoms with Gasteiger partial charge in [-0.1, -0.05) is 6.07 Å². The van der Waals surface area contributed by atoms with Crippen molar-refractivity contribution in [2.24, 2.45) is 0 Å². The maximum absolute atomic E-state index is 11.7. The van der Waals surface area contributed by atoms with Crippen LogP contribution in [-0.4, -0.2) is 24.0 Å². The quantitative estimate of drug-likeness (QED) is 0.640. The largest absolute Gasteiger partial charge is 0.444 e. The molecule has 0 aliphatic heterocycles. The summed E-state index contributed by atoms with van der Waals surface area (Å²) in [7, 11) is 0. The summed E-state index contributed by atoms with van der Waals surface area (Å²) in [5.74, 6) is 0.173. The smallest absolute Gasteiger partial charge is 0.407 e. The van der Waals surface area contributed by atoms with Crippen LogP contribution < -0.4 is 5.32 Å². The highest BCUT2D eigenvalue weighted by molar-refractivity contribution is 7.12. The highest BCUT2D eigenvalue weighted by Gasteiger charge is 2.15. The fraction of sp³-hybridized carbons (Fsp3) is 0.571. The fourth-order valence-corrected chi connectivity index (χ4v) is 2.17. The van der Waals surface area contributed by atoms with Gasteiger partial charge in [-0.25, -0.2) is 4.79 Å². The number of carbonyl (C=O) groups excluding carboxylic acids is 2. The number of thiophene rings is 1. The fourth-order valence-electron chi connectivity index (χ4n) is 1.48. The van der Waals surface area contributed by atoms with E-state index in [1.807, 2.05) is 38.3 Å². The van der Waals surface area contributed by atoms with Gasteiger partial charge < -0.3 is 10.1 Å². The molecule has 19 heavy (non-hydrogen) atoms. The van der Waals surface area contributed by atoms with Crippen molar-refractivity contribution in [3.05, 3.63) is 22.4 Å². The van der Waals surface area contributed by atoms with E-state index in [4.69, 9.17) is 4.74 Å². The zero-order valence-corrected chi connectivity index (χ0v) is 12.5. The van der Waals surface area contributed by atoms with E-state index >= 15 is 0 Å². The number of nitrogens with one attached hydrogen (secondary N) is 1. The average molecular weight is 283 g/mol. The molecule has 0 radical (unpaired) electrons. The molecule has 0 aromatic carbocycles. The van der Waals surface area contributed by atoms with Crippen molar-refractivity contribution in [1.29, 1.82) is 0 Å². The molecule has 0 unspecified atom stereocenters. The molecule has 1 aromatic heterocycles. The molecule has 0 bridgehead atoms. The highest BCUT2D eigenvalue weighted by Crippen LogP contribution is 2.12. The van der Waals surface area contributed by atoms with Crippen LogP contribution in [0, 0.1) is 0 Å². The van der Waals surface area contributed by atoms with E-state index in [2.05, 4.69) is 5.32 Å². The Balaban J connectivity index is 2.09. The van der Waals surface area contributed by atoms with E-state index in [9.17, 15) is 9.59 Å². The van der Waals surface area contributed by atoms with Crippen molar-refractivity contribution >= 4 is 23.2 Å². The summed E-state index contributed by atoms with van der Waals surface area (Å²) in [5.41, 5.74) is -0.473. The third-order valence-electron chi connectivity index (χ3n) is 2.29. The molecule has 0 atom stereocenters. The monoisotopic (exact) mass is 283 g/mol. The predicted molar refractivity (Wildman–Crippen MR) is 76.7 cm³/mol. The van der Waals surface area contributed by atoms with Gasteiger partial charge >= 0.3 is 6.09 Å². The molecule has 0 spiro atoms. The lowest BCUT2D eigenvalue weighted by molar-refractivity contribution is 0.0527. The van der Waals surface area contributed by atoms with Gasteiger partial charge in [0.15, 0.2) is 5.78 Å². The number of alkyl carbamates (subject to hydrolysis) is 1. The first-order valence-corrected chi connectivity index (χ1v) is 7.30. The van der Waals surface area contributed by atoms with Crippen molar-refractivity contribution in [1.82, 2.24) is 5.32 Å². The van der Waals surface area contributed by atoms with Crippen LogP contribution in [0.2, 0.25) is 0 Å². The number of hydrogen-bond acceptors (Lipinski definition) is 4. The number of ether oxygens (including phenoxy) is 1. The molecule has 1 amide bonds. The molecule has 0 saturated heterocycles. The topological polar surface area (TPSA) is 55.4 Å². The maximum Gasteiger partial charge on any atom is 0.407 e. The van der Waals surface area contributed by atoms with E-state index in [1.165, 1.54) is 11.3 Å². The third kappa shape index (κ3) is 6.96. The highest BCUT2D eigenvalue weighted by atomic mass is 32.1.